The average Bonchev–Trinajstić information content (AvgIpc) is 2.87. The highest BCUT2D eigenvalue weighted by Crippen LogP contribution is 2.25. The van der Waals surface area contributed by atoms with E-state index in [1.807, 2.05) is 19.2 Å². The van der Waals surface area contributed by atoms with E-state index >= 15 is 0 Å². The van der Waals surface area contributed by atoms with Crippen LogP contribution in [0, 0.1) is 11.6 Å². The van der Waals surface area contributed by atoms with E-state index in [1.165, 1.54) is 23.5 Å². The van der Waals surface area contributed by atoms with Gasteiger partial charge in [0, 0.05) is 11.3 Å². The third kappa shape index (κ3) is 3.98. The standard InChI is InChI=1S/C15H18F2N2OS/c1-9(2)15-19-11(8-21-15)7-20-14-12(16)5-10(3-4-18)6-13(14)17/h5-6,8-9H,3-4,7,18H2,1-2H3. The third-order valence-corrected chi connectivity index (χ3v) is 4.11. The van der Waals surface area contributed by atoms with E-state index in [1.54, 1.807) is 0 Å². The maximum Gasteiger partial charge on any atom is 0.191 e. The van der Waals surface area contributed by atoms with Crippen LogP contribution >= 0.6 is 11.3 Å². The number of benzene rings is 1. The molecule has 0 amide bonds. The number of ether oxygens (including phenoxy) is 1. The van der Waals surface area contributed by atoms with E-state index in [2.05, 4.69) is 4.98 Å². The molecule has 21 heavy (non-hydrogen) atoms. The van der Waals surface area contributed by atoms with Gasteiger partial charge in [-0.1, -0.05) is 13.8 Å². The second-order valence-electron chi connectivity index (χ2n) is 5.05. The Labute approximate surface area is 126 Å². The molecule has 0 fully saturated rings. The number of aromatic nitrogens is 1. The Hall–Kier alpha value is -1.53. The Morgan fingerprint density at radius 1 is 1.29 bits per heavy atom. The minimum atomic E-state index is -0.710. The molecule has 0 unspecified atom stereocenters. The molecule has 6 heteroatoms. The summed E-state index contributed by atoms with van der Waals surface area (Å²) in [5.41, 5.74) is 6.58. The molecule has 2 N–H and O–H groups in total. The van der Waals surface area contributed by atoms with Crippen molar-refractivity contribution < 1.29 is 13.5 Å². The lowest BCUT2D eigenvalue weighted by atomic mass is 10.1. The van der Waals surface area contributed by atoms with E-state index < -0.39 is 11.6 Å². The van der Waals surface area contributed by atoms with Crippen molar-refractivity contribution in [2.75, 3.05) is 6.54 Å². The zero-order valence-corrected chi connectivity index (χ0v) is 12.8. The van der Waals surface area contributed by atoms with Crippen molar-refractivity contribution in [3.8, 4) is 5.75 Å². The maximum absolute atomic E-state index is 13.8. The van der Waals surface area contributed by atoms with Crippen molar-refractivity contribution in [3.05, 3.63) is 45.4 Å². The van der Waals surface area contributed by atoms with Crippen molar-refractivity contribution in [3.63, 3.8) is 0 Å². The summed E-state index contributed by atoms with van der Waals surface area (Å²) in [5.74, 6) is -1.46. The van der Waals surface area contributed by atoms with Crippen LogP contribution < -0.4 is 10.5 Å². The molecule has 0 saturated carbocycles. The summed E-state index contributed by atoms with van der Waals surface area (Å²) >= 11 is 1.52. The molecule has 1 aromatic carbocycles. The molecular formula is C15H18F2N2OS. The minimum Gasteiger partial charge on any atom is -0.481 e. The minimum absolute atomic E-state index is 0.0489. The van der Waals surface area contributed by atoms with Crippen LogP contribution in [0.2, 0.25) is 0 Å². The van der Waals surface area contributed by atoms with E-state index in [9.17, 15) is 8.78 Å². The molecule has 0 aliphatic heterocycles. The van der Waals surface area contributed by atoms with Gasteiger partial charge in [0.15, 0.2) is 17.4 Å². The quantitative estimate of drug-likeness (QED) is 0.886. The number of hydrogen-bond donors (Lipinski definition) is 1. The monoisotopic (exact) mass is 312 g/mol. The fraction of sp³-hybridized carbons (Fsp3) is 0.400. The Kier molecular flexibility index (Phi) is 5.25. The first-order valence-corrected chi connectivity index (χ1v) is 7.64. The lowest BCUT2D eigenvalue weighted by Gasteiger charge is -2.09. The number of nitrogens with zero attached hydrogens (tertiary/aromatic N) is 1. The highest BCUT2D eigenvalue weighted by molar-refractivity contribution is 7.09. The molecule has 0 aliphatic carbocycles. The van der Waals surface area contributed by atoms with Crippen LogP contribution in [-0.4, -0.2) is 11.5 Å². The smallest absolute Gasteiger partial charge is 0.191 e. The number of halogens is 2. The number of thiazole rings is 1. The molecule has 0 bridgehead atoms. The summed E-state index contributed by atoms with van der Waals surface area (Å²) in [5, 5.41) is 2.82. The third-order valence-electron chi connectivity index (χ3n) is 2.92. The molecule has 0 saturated heterocycles. The first kappa shape index (κ1) is 15.9. The van der Waals surface area contributed by atoms with Crippen LogP contribution in [0.1, 0.15) is 36.0 Å². The zero-order chi connectivity index (χ0) is 15.4. The van der Waals surface area contributed by atoms with Gasteiger partial charge in [0.2, 0.25) is 0 Å². The SMILES string of the molecule is CC(C)c1nc(COc2c(F)cc(CCN)cc2F)cs1. The van der Waals surface area contributed by atoms with Crippen molar-refractivity contribution in [1.29, 1.82) is 0 Å². The normalized spacial score (nSPS) is 11.1. The fourth-order valence-electron chi connectivity index (χ4n) is 1.86. The largest absolute Gasteiger partial charge is 0.481 e. The molecule has 3 nitrogen and oxygen atoms in total. The molecule has 1 heterocycles. The van der Waals surface area contributed by atoms with Gasteiger partial charge >= 0.3 is 0 Å². The lowest BCUT2D eigenvalue weighted by molar-refractivity contribution is 0.270. The van der Waals surface area contributed by atoms with Gasteiger partial charge in [0.1, 0.15) is 6.61 Å². The Morgan fingerprint density at radius 3 is 2.48 bits per heavy atom. The second kappa shape index (κ2) is 6.95. The molecule has 2 rings (SSSR count). The zero-order valence-electron chi connectivity index (χ0n) is 12.0. The van der Waals surface area contributed by atoms with E-state index in [4.69, 9.17) is 10.5 Å². The first-order chi connectivity index (χ1) is 10.0. The predicted molar refractivity (Wildman–Crippen MR) is 79.7 cm³/mol. The summed E-state index contributed by atoms with van der Waals surface area (Å²) in [4.78, 5) is 4.36. The van der Waals surface area contributed by atoms with E-state index in [0.717, 1.165) is 5.01 Å². The van der Waals surface area contributed by atoms with Gasteiger partial charge in [-0.25, -0.2) is 13.8 Å². The van der Waals surface area contributed by atoms with Gasteiger partial charge in [-0.3, -0.25) is 0 Å². The van der Waals surface area contributed by atoms with Gasteiger partial charge in [0.05, 0.1) is 10.7 Å². The van der Waals surface area contributed by atoms with Crippen molar-refractivity contribution in [1.82, 2.24) is 4.98 Å². The highest BCUT2D eigenvalue weighted by Gasteiger charge is 2.14. The summed E-state index contributed by atoms with van der Waals surface area (Å²) in [7, 11) is 0. The molecule has 0 radical (unpaired) electrons. The average molecular weight is 312 g/mol. The molecule has 2 aromatic rings. The highest BCUT2D eigenvalue weighted by atomic mass is 32.1. The second-order valence-corrected chi connectivity index (χ2v) is 5.94. The molecule has 0 atom stereocenters. The molecule has 0 spiro atoms. The fourth-order valence-corrected chi connectivity index (χ4v) is 2.68. The number of rotatable bonds is 6. The number of hydrogen-bond acceptors (Lipinski definition) is 4. The van der Waals surface area contributed by atoms with Gasteiger partial charge in [0.25, 0.3) is 0 Å². The predicted octanol–water partition coefficient (Wildman–Crippen LogP) is 3.62. The summed E-state index contributed by atoms with van der Waals surface area (Å²) in [6.07, 6.45) is 0.429. The van der Waals surface area contributed by atoms with Gasteiger partial charge in [-0.2, -0.15) is 0 Å². The molecule has 114 valence electrons. The van der Waals surface area contributed by atoms with E-state index in [0.29, 0.717) is 30.1 Å². The Bertz CT molecular complexity index is 590. The van der Waals surface area contributed by atoms with Crippen molar-refractivity contribution in [2.24, 2.45) is 5.73 Å². The van der Waals surface area contributed by atoms with Crippen molar-refractivity contribution in [2.45, 2.75) is 32.8 Å². The molecular weight excluding hydrogens is 294 g/mol. The lowest BCUT2D eigenvalue weighted by Crippen LogP contribution is -2.05. The summed E-state index contributed by atoms with van der Waals surface area (Å²) < 4.78 is 32.9. The van der Waals surface area contributed by atoms with Crippen LogP contribution in [0.15, 0.2) is 17.5 Å². The number of nitrogens with two attached hydrogens (primary N) is 1. The van der Waals surface area contributed by atoms with Crippen LogP contribution in [0.5, 0.6) is 5.75 Å². The summed E-state index contributed by atoms with van der Waals surface area (Å²) in [6.45, 7) is 4.47. The Balaban J connectivity index is 2.08. The maximum atomic E-state index is 13.8. The van der Waals surface area contributed by atoms with Crippen LogP contribution in [0.4, 0.5) is 8.78 Å². The van der Waals surface area contributed by atoms with Gasteiger partial charge < -0.3 is 10.5 Å². The van der Waals surface area contributed by atoms with Crippen LogP contribution in [0.3, 0.4) is 0 Å². The summed E-state index contributed by atoms with van der Waals surface area (Å²) in [6, 6.07) is 2.51. The topological polar surface area (TPSA) is 48.1 Å². The van der Waals surface area contributed by atoms with Gasteiger partial charge in [-0.15, -0.1) is 11.3 Å². The van der Waals surface area contributed by atoms with Crippen molar-refractivity contribution >= 4 is 11.3 Å². The Morgan fingerprint density at radius 2 is 1.95 bits per heavy atom. The first-order valence-electron chi connectivity index (χ1n) is 6.76. The van der Waals surface area contributed by atoms with Gasteiger partial charge in [-0.05, 0) is 30.7 Å². The van der Waals surface area contributed by atoms with E-state index in [-0.39, 0.29) is 12.4 Å². The van der Waals surface area contributed by atoms with Crippen LogP contribution in [-0.2, 0) is 13.0 Å². The van der Waals surface area contributed by atoms with Crippen LogP contribution in [0.25, 0.3) is 0 Å². The molecule has 1 aromatic heterocycles. The molecule has 0 aliphatic rings.